The standard InChI is InChI=1S/C20H18ClN3O5S2/c1-12-3-4-13(21)9-16(12)23-18(25)11-30-20-22-10-17(19(26)24-20)31(27,28)15-7-5-14(29-2)6-8-15/h3-10H,11H2,1-2H3,(H,23,25)(H,22,24,26). The van der Waals surface area contributed by atoms with Gasteiger partial charge in [0.1, 0.15) is 5.75 Å². The number of carbonyl (C=O) groups excluding carboxylic acids is 1. The molecular formula is C20H18ClN3O5S2. The number of nitrogens with one attached hydrogen (secondary N) is 2. The van der Waals surface area contributed by atoms with Crippen LogP contribution in [0.2, 0.25) is 5.02 Å². The Morgan fingerprint density at radius 2 is 1.94 bits per heavy atom. The number of methoxy groups -OCH3 is 1. The molecule has 31 heavy (non-hydrogen) atoms. The second kappa shape index (κ2) is 9.54. The number of anilines is 1. The summed E-state index contributed by atoms with van der Waals surface area (Å²) in [6.07, 6.45) is 0.986. The zero-order valence-electron chi connectivity index (χ0n) is 16.5. The van der Waals surface area contributed by atoms with E-state index < -0.39 is 20.3 Å². The van der Waals surface area contributed by atoms with E-state index in [9.17, 15) is 18.0 Å². The molecule has 11 heteroatoms. The molecule has 0 aliphatic heterocycles. The molecule has 0 unspecified atom stereocenters. The van der Waals surface area contributed by atoms with Gasteiger partial charge in [-0.25, -0.2) is 13.4 Å². The number of nitrogens with zero attached hydrogens (tertiary/aromatic N) is 1. The van der Waals surface area contributed by atoms with Gasteiger partial charge in [-0.3, -0.25) is 9.59 Å². The van der Waals surface area contributed by atoms with Crippen LogP contribution in [0.5, 0.6) is 5.75 Å². The second-order valence-corrected chi connectivity index (χ2v) is 9.68. The third-order valence-corrected chi connectivity index (χ3v) is 7.10. The summed E-state index contributed by atoms with van der Waals surface area (Å²) >= 11 is 6.91. The molecule has 0 fully saturated rings. The number of aromatic amines is 1. The fourth-order valence-corrected chi connectivity index (χ4v) is 4.60. The number of rotatable bonds is 7. The molecule has 0 aliphatic rings. The van der Waals surface area contributed by atoms with Gasteiger partial charge in [0, 0.05) is 10.7 Å². The van der Waals surface area contributed by atoms with Gasteiger partial charge in [0.05, 0.1) is 24.0 Å². The minimum Gasteiger partial charge on any atom is -0.497 e. The van der Waals surface area contributed by atoms with Crippen molar-refractivity contribution in [2.75, 3.05) is 18.2 Å². The maximum atomic E-state index is 12.7. The molecule has 8 nitrogen and oxygen atoms in total. The number of thioether (sulfide) groups is 1. The van der Waals surface area contributed by atoms with Crippen molar-refractivity contribution in [1.82, 2.24) is 9.97 Å². The van der Waals surface area contributed by atoms with Crippen LogP contribution < -0.4 is 15.6 Å². The number of hydrogen-bond donors (Lipinski definition) is 2. The van der Waals surface area contributed by atoms with E-state index in [-0.39, 0.29) is 21.7 Å². The Bertz CT molecular complexity index is 1270. The van der Waals surface area contributed by atoms with Crippen molar-refractivity contribution in [3.05, 3.63) is 69.6 Å². The first-order chi connectivity index (χ1) is 14.7. The molecular weight excluding hydrogens is 462 g/mol. The fourth-order valence-electron chi connectivity index (χ4n) is 2.56. The first kappa shape index (κ1) is 22.9. The highest BCUT2D eigenvalue weighted by molar-refractivity contribution is 7.99. The number of carbonyl (C=O) groups is 1. The van der Waals surface area contributed by atoms with Crippen molar-refractivity contribution < 1.29 is 17.9 Å². The molecule has 0 spiro atoms. The van der Waals surface area contributed by atoms with Crippen molar-refractivity contribution in [3.8, 4) is 5.75 Å². The summed E-state index contributed by atoms with van der Waals surface area (Å²) in [7, 11) is -2.59. The van der Waals surface area contributed by atoms with Crippen LogP contribution in [0.1, 0.15) is 5.56 Å². The summed E-state index contributed by atoms with van der Waals surface area (Å²) in [5.41, 5.74) is 0.613. The molecule has 2 aromatic carbocycles. The van der Waals surface area contributed by atoms with E-state index in [0.29, 0.717) is 16.5 Å². The molecule has 0 atom stereocenters. The topological polar surface area (TPSA) is 118 Å². The number of hydrogen-bond acceptors (Lipinski definition) is 7. The molecule has 0 saturated carbocycles. The number of aryl methyl sites for hydroxylation is 1. The summed E-state index contributed by atoms with van der Waals surface area (Å²) in [5, 5.41) is 3.35. The zero-order valence-corrected chi connectivity index (χ0v) is 18.9. The summed E-state index contributed by atoms with van der Waals surface area (Å²) in [4.78, 5) is 30.4. The van der Waals surface area contributed by atoms with Crippen molar-refractivity contribution >= 4 is 44.8 Å². The number of ether oxygens (including phenoxy) is 1. The highest BCUT2D eigenvalue weighted by Gasteiger charge is 2.22. The first-order valence-corrected chi connectivity index (χ1v) is 11.7. The van der Waals surface area contributed by atoms with Crippen LogP contribution in [0.4, 0.5) is 5.69 Å². The number of benzene rings is 2. The Morgan fingerprint density at radius 1 is 1.23 bits per heavy atom. The Morgan fingerprint density at radius 3 is 2.58 bits per heavy atom. The average Bonchev–Trinajstić information content (AvgIpc) is 2.74. The molecule has 1 heterocycles. The van der Waals surface area contributed by atoms with Crippen LogP contribution >= 0.6 is 23.4 Å². The van der Waals surface area contributed by atoms with Crippen molar-refractivity contribution in [1.29, 1.82) is 0 Å². The van der Waals surface area contributed by atoms with E-state index in [1.54, 1.807) is 18.2 Å². The van der Waals surface area contributed by atoms with Gasteiger partial charge in [-0.15, -0.1) is 0 Å². The normalized spacial score (nSPS) is 11.2. The van der Waals surface area contributed by atoms with Gasteiger partial charge in [-0.1, -0.05) is 29.4 Å². The van der Waals surface area contributed by atoms with E-state index in [1.807, 2.05) is 6.92 Å². The van der Waals surface area contributed by atoms with Gasteiger partial charge in [0.15, 0.2) is 10.1 Å². The number of aromatic nitrogens is 2. The minimum absolute atomic E-state index is 0.0422. The third-order valence-electron chi connectivity index (χ3n) is 4.22. The third kappa shape index (κ3) is 5.46. The van der Waals surface area contributed by atoms with Gasteiger partial charge < -0.3 is 15.0 Å². The number of sulfone groups is 1. The number of H-pyrrole nitrogens is 1. The smallest absolute Gasteiger partial charge is 0.270 e. The first-order valence-electron chi connectivity index (χ1n) is 8.88. The van der Waals surface area contributed by atoms with E-state index >= 15 is 0 Å². The van der Waals surface area contributed by atoms with E-state index in [0.717, 1.165) is 23.5 Å². The zero-order chi connectivity index (χ0) is 22.6. The lowest BCUT2D eigenvalue weighted by Gasteiger charge is -2.09. The van der Waals surface area contributed by atoms with E-state index in [2.05, 4.69) is 15.3 Å². The van der Waals surface area contributed by atoms with Crippen LogP contribution in [0.3, 0.4) is 0 Å². The molecule has 3 rings (SSSR count). The largest absolute Gasteiger partial charge is 0.497 e. The van der Waals surface area contributed by atoms with Gasteiger partial charge in [-0.2, -0.15) is 0 Å². The predicted octanol–water partition coefficient (Wildman–Crippen LogP) is 3.30. The second-order valence-electron chi connectivity index (χ2n) is 6.36. The molecule has 0 aliphatic carbocycles. The predicted molar refractivity (Wildman–Crippen MR) is 119 cm³/mol. The van der Waals surface area contributed by atoms with Crippen molar-refractivity contribution in [3.63, 3.8) is 0 Å². The van der Waals surface area contributed by atoms with Gasteiger partial charge in [-0.05, 0) is 48.9 Å². The van der Waals surface area contributed by atoms with Crippen molar-refractivity contribution in [2.24, 2.45) is 0 Å². The summed E-state index contributed by atoms with van der Waals surface area (Å²) in [6, 6.07) is 10.8. The summed E-state index contributed by atoms with van der Waals surface area (Å²) in [5.74, 6) is 0.122. The van der Waals surface area contributed by atoms with Crippen LogP contribution in [0, 0.1) is 6.92 Å². The quantitative estimate of drug-likeness (QED) is 0.394. The maximum Gasteiger partial charge on any atom is 0.270 e. The molecule has 1 amide bonds. The summed E-state index contributed by atoms with van der Waals surface area (Å²) in [6.45, 7) is 1.83. The molecule has 0 bridgehead atoms. The maximum absolute atomic E-state index is 12.7. The van der Waals surface area contributed by atoms with Crippen molar-refractivity contribution in [2.45, 2.75) is 21.9 Å². The van der Waals surface area contributed by atoms with E-state index in [4.69, 9.17) is 16.3 Å². The van der Waals surface area contributed by atoms with E-state index in [1.165, 1.54) is 31.4 Å². The molecule has 0 saturated heterocycles. The van der Waals surface area contributed by atoms with Crippen LogP contribution in [0.25, 0.3) is 0 Å². The Labute approximate surface area is 187 Å². The Hall–Kier alpha value is -2.82. The average molecular weight is 480 g/mol. The monoisotopic (exact) mass is 479 g/mol. The van der Waals surface area contributed by atoms with Crippen LogP contribution in [0.15, 0.2) is 68.4 Å². The van der Waals surface area contributed by atoms with Crippen LogP contribution in [-0.4, -0.2) is 37.2 Å². The number of amides is 1. The van der Waals surface area contributed by atoms with Gasteiger partial charge in [0.2, 0.25) is 15.7 Å². The SMILES string of the molecule is COc1ccc(S(=O)(=O)c2cnc(SCC(=O)Nc3cc(Cl)ccc3C)[nH]c2=O)cc1. The molecule has 0 radical (unpaired) electrons. The highest BCUT2D eigenvalue weighted by atomic mass is 35.5. The molecule has 1 aromatic heterocycles. The van der Waals surface area contributed by atoms with Gasteiger partial charge in [0.25, 0.3) is 5.56 Å². The minimum atomic E-state index is -4.06. The highest BCUT2D eigenvalue weighted by Crippen LogP contribution is 2.22. The molecule has 162 valence electrons. The Kier molecular flexibility index (Phi) is 7.04. The number of halogens is 1. The summed E-state index contributed by atoms with van der Waals surface area (Å²) < 4.78 is 30.4. The van der Waals surface area contributed by atoms with Crippen LogP contribution in [-0.2, 0) is 14.6 Å². The Balaban J connectivity index is 1.71. The fraction of sp³-hybridized carbons (Fsp3) is 0.150. The molecule has 2 N–H and O–H groups in total. The van der Waals surface area contributed by atoms with Gasteiger partial charge >= 0.3 is 0 Å². The lowest BCUT2D eigenvalue weighted by Crippen LogP contribution is -2.20. The molecule has 3 aromatic rings. The lowest BCUT2D eigenvalue weighted by atomic mass is 10.2. The lowest BCUT2D eigenvalue weighted by molar-refractivity contribution is -0.113.